The summed E-state index contributed by atoms with van der Waals surface area (Å²) in [6, 6.07) is 0. The first-order chi connectivity index (χ1) is 6.35. The van der Waals surface area contributed by atoms with E-state index in [0.717, 1.165) is 0 Å². The third-order valence-electron chi connectivity index (χ3n) is 3.13. The summed E-state index contributed by atoms with van der Waals surface area (Å²) in [6.45, 7) is 10.5. The SMILES string of the molecule is CC(C)OCC1OC(C)C(C)(C)C1O. The number of hydrogen-bond donors (Lipinski definition) is 1. The van der Waals surface area contributed by atoms with Crippen LogP contribution in [-0.4, -0.2) is 36.1 Å². The van der Waals surface area contributed by atoms with Crippen molar-refractivity contribution in [3.8, 4) is 0 Å². The summed E-state index contributed by atoms with van der Waals surface area (Å²) < 4.78 is 11.1. The van der Waals surface area contributed by atoms with Gasteiger partial charge in [0, 0.05) is 5.41 Å². The predicted molar refractivity (Wildman–Crippen MR) is 55.2 cm³/mol. The molecule has 84 valence electrons. The molecular formula is C11H22O3. The van der Waals surface area contributed by atoms with Crippen LogP contribution in [0.3, 0.4) is 0 Å². The molecule has 1 rings (SSSR count). The molecule has 0 spiro atoms. The molecule has 1 fully saturated rings. The van der Waals surface area contributed by atoms with Crippen molar-refractivity contribution in [3.05, 3.63) is 0 Å². The molecule has 1 N–H and O–H groups in total. The number of ether oxygens (including phenoxy) is 2. The molecule has 1 aliphatic heterocycles. The zero-order chi connectivity index (χ0) is 10.9. The third kappa shape index (κ3) is 2.27. The second-order valence-electron chi connectivity index (χ2n) is 4.97. The Hall–Kier alpha value is -0.120. The van der Waals surface area contributed by atoms with Gasteiger partial charge in [0.25, 0.3) is 0 Å². The fraction of sp³-hybridized carbons (Fsp3) is 1.00. The van der Waals surface area contributed by atoms with Crippen LogP contribution in [0, 0.1) is 5.41 Å². The lowest BCUT2D eigenvalue weighted by atomic mass is 9.82. The van der Waals surface area contributed by atoms with Crippen LogP contribution < -0.4 is 0 Å². The zero-order valence-electron chi connectivity index (χ0n) is 9.78. The normalized spacial score (nSPS) is 36.6. The molecule has 14 heavy (non-hydrogen) atoms. The summed E-state index contributed by atoms with van der Waals surface area (Å²) >= 11 is 0. The minimum atomic E-state index is -0.434. The van der Waals surface area contributed by atoms with Crippen molar-refractivity contribution in [1.29, 1.82) is 0 Å². The molecule has 3 unspecified atom stereocenters. The largest absolute Gasteiger partial charge is 0.390 e. The number of rotatable bonds is 3. The molecule has 0 saturated carbocycles. The Morgan fingerprint density at radius 1 is 1.43 bits per heavy atom. The van der Waals surface area contributed by atoms with Gasteiger partial charge in [0.15, 0.2) is 0 Å². The Labute approximate surface area is 86.4 Å². The van der Waals surface area contributed by atoms with Crippen LogP contribution in [0.15, 0.2) is 0 Å². The van der Waals surface area contributed by atoms with Crippen molar-refractivity contribution in [2.45, 2.75) is 59.0 Å². The second-order valence-corrected chi connectivity index (χ2v) is 4.97. The average molecular weight is 202 g/mol. The van der Waals surface area contributed by atoms with Gasteiger partial charge in [-0.05, 0) is 20.8 Å². The number of aliphatic hydroxyl groups excluding tert-OH is 1. The maximum Gasteiger partial charge on any atom is 0.108 e. The maximum absolute atomic E-state index is 10.00. The smallest absolute Gasteiger partial charge is 0.108 e. The van der Waals surface area contributed by atoms with E-state index < -0.39 is 6.10 Å². The van der Waals surface area contributed by atoms with E-state index in [1.54, 1.807) is 0 Å². The van der Waals surface area contributed by atoms with Gasteiger partial charge < -0.3 is 14.6 Å². The standard InChI is InChI=1S/C11H22O3/c1-7(2)13-6-9-10(12)11(4,5)8(3)14-9/h7-10,12H,6H2,1-5H3. The molecule has 0 aliphatic carbocycles. The minimum Gasteiger partial charge on any atom is -0.390 e. The molecule has 3 heteroatoms. The van der Waals surface area contributed by atoms with E-state index >= 15 is 0 Å². The summed E-state index contributed by atoms with van der Waals surface area (Å²) in [5.74, 6) is 0. The summed E-state index contributed by atoms with van der Waals surface area (Å²) in [4.78, 5) is 0. The van der Waals surface area contributed by atoms with Gasteiger partial charge in [0.1, 0.15) is 6.10 Å². The Morgan fingerprint density at radius 2 is 2.00 bits per heavy atom. The number of aliphatic hydroxyl groups is 1. The van der Waals surface area contributed by atoms with Gasteiger partial charge in [-0.25, -0.2) is 0 Å². The summed E-state index contributed by atoms with van der Waals surface area (Å²) in [5, 5.41) is 10.00. The van der Waals surface area contributed by atoms with Gasteiger partial charge in [-0.1, -0.05) is 13.8 Å². The molecule has 1 saturated heterocycles. The van der Waals surface area contributed by atoms with Gasteiger partial charge in [-0.3, -0.25) is 0 Å². The van der Waals surface area contributed by atoms with Crippen molar-refractivity contribution in [2.75, 3.05) is 6.61 Å². The Bertz CT molecular complexity index is 189. The molecule has 0 aromatic rings. The molecule has 0 aromatic carbocycles. The highest BCUT2D eigenvalue weighted by atomic mass is 16.6. The van der Waals surface area contributed by atoms with Crippen LogP contribution in [-0.2, 0) is 9.47 Å². The second kappa shape index (κ2) is 4.17. The lowest BCUT2D eigenvalue weighted by Gasteiger charge is -2.25. The topological polar surface area (TPSA) is 38.7 Å². The van der Waals surface area contributed by atoms with Crippen molar-refractivity contribution >= 4 is 0 Å². The summed E-state index contributed by atoms with van der Waals surface area (Å²) in [6.07, 6.45) is -0.346. The van der Waals surface area contributed by atoms with E-state index in [4.69, 9.17) is 9.47 Å². The van der Waals surface area contributed by atoms with Crippen molar-refractivity contribution in [3.63, 3.8) is 0 Å². The van der Waals surface area contributed by atoms with Crippen molar-refractivity contribution in [2.24, 2.45) is 5.41 Å². The van der Waals surface area contributed by atoms with Gasteiger partial charge in [-0.15, -0.1) is 0 Å². The van der Waals surface area contributed by atoms with Gasteiger partial charge in [0.2, 0.25) is 0 Å². The van der Waals surface area contributed by atoms with Crippen LogP contribution in [0.1, 0.15) is 34.6 Å². The molecule has 1 heterocycles. The van der Waals surface area contributed by atoms with Crippen LogP contribution in [0.5, 0.6) is 0 Å². The van der Waals surface area contributed by atoms with E-state index in [9.17, 15) is 5.11 Å². The van der Waals surface area contributed by atoms with Crippen molar-refractivity contribution < 1.29 is 14.6 Å². The highest BCUT2D eigenvalue weighted by molar-refractivity contribution is 4.95. The van der Waals surface area contributed by atoms with E-state index in [1.807, 2.05) is 34.6 Å². The van der Waals surface area contributed by atoms with Crippen LogP contribution >= 0.6 is 0 Å². The zero-order valence-corrected chi connectivity index (χ0v) is 9.78. The molecule has 1 aliphatic rings. The molecule has 3 atom stereocenters. The fourth-order valence-electron chi connectivity index (χ4n) is 1.65. The van der Waals surface area contributed by atoms with E-state index in [1.165, 1.54) is 0 Å². The van der Waals surface area contributed by atoms with E-state index in [-0.39, 0.29) is 23.7 Å². The fourth-order valence-corrected chi connectivity index (χ4v) is 1.65. The first-order valence-corrected chi connectivity index (χ1v) is 5.30. The first-order valence-electron chi connectivity index (χ1n) is 5.30. The Kier molecular flexibility index (Phi) is 3.56. The molecule has 0 radical (unpaired) electrons. The van der Waals surface area contributed by atoms with Gasteiger partial charge in [0.05, 0.1) is 24.9 Å². The summed E-state index contributed by atoms with van der Waals surface area (Å²) in [5.41, 5.74) is -0.176. The highest BCUT2D eigenvalue weighted by Gasteiger charge is 2.47. The molecule has 0 amide bonds. The molecule has 0 aromatic heterocycles. The quantitative estimate of drug-likeness (QED) is 0.755. The monoisotopic (exact) mass is 202 g/mol. The van der Waals surface area contributed by atoms with E-state index in [0.29, 0.717) is 6.61 Å². The first kappa shape index (κ1) is 12.0. The van der Waals surface area contributed by atoms with Crippen LogP contribution in [0.2, 0.25) is 0 Å². The average Bonchev–Trinajstić information content (AvgIpc) is 2.26. The van der Waals surface area contributed by atoms with Gasteiger partial charge in [-0.2, -0.15) is 0 Å². The van der Waals surface area contributed by atoms with Crippen LogP contribution in [0.25, 0.3) is 0 Å². The predicted octanol–water partition coefficient (Wildman–Crippen LogP) is 1.59. The Morgan fingerprint density at radius 3 is 2.36 bits per heavy atom. The third-order valence-corrected chi connectivity index (χ3v) is 3.13. The summed E-state index contributed by atoms with van der Waals surface area (Å²) in [7, 11) is 0. The number of hydrogen-bond acceptors (Lipinski definition) is 3. The maximum atomic E-state index is 10.00. The molecule has 0 bridgehead atoms. The molecule has 3 nitrogen and oxygen atoms in total. The van der Waals surface area contributed by atoms with Crippen molar-refractivity contribution in [1.82, 2.24) is 0 Å². The van der Waals surface area contributed by atoms with Crippen LogP contribution in [0.4, 0.5) is 0 Å². The lowest BCUT2D eigenvalue weighted by Crippen LogP contribution is -2.36. The lowest BCUT2D eigenvalue weighted by molar-refractivity contribution is -0.0553. The van der Waals surface area contributed by atoms with Gasteiger partial charge >= 0.3 is 0 Å². The Balaban J connectivity index is 2.50. The molecular weight excluding hydrogens is 180 g/mol. The minimum absolute atomic E-state index is 0.0817. The van der Waals surface area contributed by atoms with E-state index in [2.05, 4.69) is 0 Å². The highest BCUT2D eigenvalue weighted by Crippen LogP contribution is 2.38.